The summed E-state index contributed by atoms with van der Waals surface area (Å²) in [5.74, 6) is 0. The Morgan fingerprint density at radius 1 is 1.46 bits per heavy atom. The van der Waals surface area contributed by atoms with Gasteiger partial charge in [0.15, 0.2) is 0 Å². The van der Waals surface area contributed by atoms with E-state index in [2.05, 4.69) is 9.47 Å². The summed E-state index contributed by atoms with van der Waals surface area (Å²) < 4.78 is 54.3. The van der Waals surface area contributed by atoms with E-state index in [9.17, 15) is 22.4 Å². The summed E-state index contributed by atoms with van der Waals surface area (Å²) in [6.07, 6.45) is -10.7. The molecule has 0 aromatic rings. The topological polar surface area (TPSA) is 35.5 Å². The maximum absolute atomic E-state index is 12.2. The second-order valence-corrected chi connectivity index (χ2v) is 2.03. The minimum Gasteiger partial charge on any atom is -0.435 e. The first-order chi connectivity index (χ1) is 5.85. The molecule has 0 heterocycles. The summed E-state index contributed by atoms with van der Waals surface area (Å²) >= 11 is 0. The van der Waals surface area contributed by atoms with Gasteiger partial charge in [0.05, 0.1) is 6.61 Å². The minimum absolute atomic E-state index is 0.0857. The number of carbonyl (C=O) groups excluding carboxylic acids is 1. The first kappa shape index (κ1) is 12.0. The van der Waals surface area contributed by atoms with Crippen molar-refractivity contribution in [3.05, 3.63) is 0 Å². The number of carbonyl (C=O) groups is 1. The first-order valence-corrected chi connectivity index (χ1v) is 3.39. The molecule has 0 aliphatic heterocycles. The van der Waals surface area contributed by atoms with Crippen LogP contribution >= 0.6 is 0 Å². The quantitative estimate of drug-likeness (QED) is 0.523. The third kappa shape index (κ3) is 7.35. The molecule has 0 radical (unpaired) electrons. The van der Waals surface area contributed by atoms with Gasteiger partial charge < -0.3 is 9.47 Å². The SMILES string of the molecule is CCOC(=O)OC(F)CC(F)(F)F. The smallest absolute Gasteiger partial charge is 0.435 e. The second kappa shape index (κ2) is 4.88. The zero-order chi connectivity index (χ0) is 10.5. The lowest BCUT2D eigenvalue weighted by molar-refractivity contribution is -0.174. The fraction of sp³-hybridized carbons (Fsp3) is 0.833. The van der Waals surface area contributed by atoms with Gasteiger partial charge in [0.2, 0.25) is 0 Å². The van der Waals surface area contributed by atoms with Crippen LogP contribution in [-0.2, 0) is 9.47 Å². The molecule has 0 aromatic heterocycles. The molecule has 1 unspecified atom stereocenters. The number of halogens is 4. The molecule has 0 N–H and O–H groups in total. The van der Waals surface area contributed by atoms with E-state index in [0.717, 1.165) is 0 Å². The fourth-order valence-corrected chi connectivity index (χ4v) is 0.480. The van der Waals surface area contributed by atoms with Crippen LogP contribution in [0.1, 0.15) is 13.3 Å². The third-order valence-electron chi connectivity index (χ3n) is 0.878. The zero-order valence-corrected chi connectivity index (χ0v) is 6.73. The van der Waals surface area contributed by atoms with Crippen LogP contribution in [0.25, 0.3) is 0 Å². The predicted molar refractivity (Wildman–Crippen MR) is 33.7 cm³/mol. The molecule has 0 saturated heterocycles. The highest BCUT2D eigenvalue weighted by molar-refractivity contribution is 5.59. The molecule has 13 heavy (non-hydrogen) atoms. The van der Waals surface area contributed by atoms with Crippen molar-refractivity contribution >= 4 is 6.16 Å². The van der Waals surface area contributed by atoms with E-state index in [-0.39, 0.29) is 6.61 Å². The van der Waals surface area contributed by atoms with Crippen molar-refractivity contribution in [3.8, 4) is 0 Å². The highest BCUT2D eigenvalue weighted by atomic mass is 19.4. The normalized spacial score (nSPS) is 13.6. The Morgan fingerprint density at radius 3 is 2.38 bits per heavy atom. The van der Waals surface area contributed by atoms with Gasteiger partial charge in [-0.15, -0.1) is 0 Å². The van der Waals surface area contributed by atoms with E-state index < -0.39 is 25.1 Å². The molecule has 0 fully saturated rings. The van der Waals surface area contributed by atoms with Crippen molar-refractivity contribution in [3.63, 3.8) is 0 Å². The van der Waals surface area contributed by atoms with Crippen LogP contribution in [0.4, 0.5) is 22.4 Å². The van der Waals surface area contributed by atoms with Gasteiger partial charge in [-0.25, -0.2) is 9.18 Å². The predicted octanol–water partition coefficient (Wildman–Crippen LogP) is 2.41. The standard InChI is InChI=1S/C6H8F4O3/c1-2-12-5(11)13-4(7)3-6(8,9)10/h4H,2-3H2,1H3. The number of alkyl halides is 4. The van der Waals surface area contributed by atoms with E-state index >= 15 is 0 Å². The van der Waals surface area contributed by atoms with Gasteiger partial charge in [-0.3, -0.25) is 0 Å². The largest absolute Gasteiger partial charge is 0.510 e. The number of hydrogen-bond donors (Lipinski definition) is 0. The van der Waals surface area contributed by atoms with Crippen molar-refractivity contribution in [2.45, 2.75) is 25.9 Å². The molecule has 0 aromatic carbocycles. The van der Waals surface area contributed by atoms with E-state index in [1.165, 1.54) is 6.92 Å². The van der Waals surface area contributed by atoms with Gasteiger partial charge in [0.25, 0.3) is 6.36 Å². The Bertz CT molecular complexity index is 168. The fourth-order valence-electron chi connectivity index (χ4n) is 0.480. The van der Waals surface area contributed by atoms with Crippen LogP contribution in [0, 0.1) is 0 Å². The second-order valence-electron chi connectivity index (χ2n) is 2.03. The van der Waals surface area contributed by atoms with Gasteiger partial charge in [-0.05, 0) is 6.92 Å². The van der Waals surface area contributed by atoms with Crippen LogP contribution in [-0.4, -0.2) is 25.3 Å². The van der Waals surface area contributed by atoms with Crippen LogP contribution < -0.4 is 0 Å². The summed E-state index contributed by atoms with van der Waals surface area (Å²) in [5.41, 5.74) is 0. The molecule has 0 bridgehead atoms. The number of rotatable bonds is 3. The van der Waals surface area contributed by atoms with Crippen molar-refractivity contribution < 1.29 is 31.8 Å². The Kier molecular flexibility index (Phi) is 4.50. The maximum atomic E-state index is 12.2. The van der Waals surface area contributed by atoms with Crippen LogP contribution in [0.2, 0.25) is 0 Å². The lowest BCUT2D eigenvalue weighted by Gasteiger charge is -2.11. The van der Waals surface area contributed by atoms with Gasteiger partial charge >= 0.3 is 12.3 Å². The minimum atomic E-state index is -4.70. The van der Waals surface area contributed by atoms with Gasteiger partial charge in [0, 0.05) is 0 Å². The summed E-state index contributed by atoms with van der Waals surface area (Å²) in [7, 11) is 0. The van der Waals surface area contributed by atoms with E-state index in [0.29, 0.717) is 0 Å². The van der Waals surface area contributed by atoms with E-state index in [4.69, 9.17) is 0 Å². The maximum Gasteiger partial charge on any atom is 0.510 e. The highest BCUT2D eigenvalue weighted by Gasteiger charge is 2.34. The van der Waals surface area contributed by atoms with Gasteiger partial charge in [0.1, 0.15) is 6.42 Å². The Balaban J connectivity index is 3.74. The highest BCUT2D eigenvalue weighted by Crippen LogP contribution is 2.23. The molecule has 0 spiro atoms. The van der Waals surface area contributed by atoms with E-state index in [1.54, 1.807) is 0 Å². The monoisotopic (exact) mass is 204 g/mol. The molecule has 0 aliphatic rings. The molecular formula is C6H8F4O3. The summed E-state index contributed by atoms with van der Waals surface area (Å²) in [6, 6.07) is 0. The van der Waals surface area contributed by atoms with Gasteiger partial charge in [-0.1, -0.05) is 0 Å². The number of ether oxygens (including phenoxy) is 2. The van der Waals surface area contributed by atoms with Gasteiger partial charge in [-0.2, -0.15) is 13.2 Å². The average molecular weight is 204 g/mol. The Morgan fingerprint density at radius 2 is 2.00 bits per heavy atom. The van der Waals surface area contributed by atoms with Crippen LogP contribution in [0.3, 0.4) is 0 Å². The molecule has 0 aliphatic carbocycles. The molecule has 1 atom stereocenters. The van der Waals surface area contributed by atoms with Crippen molar-refractivity contribution in [2.24, 2.45) is 0 Å². The Hall–Kier alpha value is -1.01. The third-order valence-corrected chi connectivity index (χ3v) is 0.878. The van der Waals surface area contributed by atoms with Crippen molar-refractivity contribution in [1.29, 1.82) is 0 Å². The first-order valence-electron chi connectivity index (χ1n) is 3.39. The summed E-state index contributed by atoms with van der Waals surface area (Å²) in [5, 5.41) is 0. The lowest BCUT2D eigenvalue weighted by Crippen LogP contribution is -2.22. The number of hydrogen-bond acceptors (Lipinski definition) is 3. The molecule has 3 nitrogen and oxygen atoms in total. The van der Waals surface area contributed by atoms with Crippen LogP contribution in [0.15, 0.2) is 0 Å². The molecule has 7 heteroatoms. The molecule has 0 rings (SSSR count). The van der Waals surface area contributed by atoms with Crippen molar-refractivity contribution in [1.82, 2.24) is 0 Å². The molecule has 0 saturated carbocycles. The molecule has 0 amide bonds. The van der Waals surface area contributed by atoms with E-state index in [1.807, 2.05) is 0 Å². The molecular weight excluding hydrogens is 196 g/mol. The summed E-state index contributed by atoms with van der Waals surface area (Å²) in [6.45, 7) is 1.33. The molecule has 78 valence electrons. The van der Waals surface area contributed by atoms with Crippen LogP contribution in [0.5, 0.6) is 0 Å². The lowest BCUT2D eigenvalue weighted by atomic mass is 10.4. The zero-order valence-electron chi connectivity index (χ0n) is 6.73. The Labute approximate surface area is 71.6 Å². The van der Waals surface area contributed by atoms with Crippen molar-refractivity contribution in [2.75, 3.05) is 6.61 Å². The summed E-state index contributed by atoms with van der Waals surface area (Å²) in [4.78, 5) is 10.3. The average Bonchev–Trinajstić information content (AvgIpc) is 1.81.